The van der Waals surface area contributed by atoms with Crippen molar-refractivity contribution in [2.45, 2.75) is 26.8 Å². The van der Waals surface area contributed by atoms with Gasteiger partial charge in [0.05, 0.1) is 23.4 Å². The molecule has 2 N–H and O–H groups in total. The number of aromatic amines is 1. The summed E-state index contributed by atoms with van der Waals surface area (Å²) >= 11 is 0. The Morgan fingerprint density at radius 3 is 2.78 bits per heavy atom. The molecule has 32 heavy (non-hydrogen) atoms. The van der Waals surface area contributed by atoms with Gasteiger partial charge in [0.1, 0.15) is 17.7 Å². The third-order valence-electron chi connectivity index (χ3n) is 5.85. The van der Waals surface area contributed by atoms with Gasteiger partial charge in [0.25, 0.3) is 5.56 Å². The molecule has 3 aromatic heterocycles. The van der Waals surface area contributed by atoms with Gasteiger partial charge in [-0.1, -0.05) is 18.2 Å². The van der Waals surface area contributed by atoms with Gasteiger partial charge in [-0.2, -0.15) is 0 Å². The van der Waals surface area contributed by atoms with Crippen LogP contribution in [0.3, 0.4) is 0 Å². The summed E-state index contributed by atoms with van der Waals surface area (Å²) < 4.78 is 15.6. The number of benzene rings is 2. The summed E-state index contributed by atoms with van der Waals surface area (Å²) in [5.74, 6) is 0.142. The fourth-order valence-electron chi connectivity index (χ4n) is 4.00. The first-order chi connectivity index (χ1) is 15.4. The van der Waals surface area contributed by atoms with Crippen LogP contribution in [0.15, 0.2) is 59.9 Å². The Kier molecular flexibility index (Phi) is 4.70. The number of hydrogen-bond donors (Lipinski definition) is 2. The molecular weight excluding hydrogens is 407 g/mol. The van der Waals surface area contributed by atoms with Crippen LogP contribution in [-0.2, 0) is 0 Å². The molecule has 160 valence electrons. The molecule has 0 saturated carbocycles. The Labute approximate surface area is 183 Å². The summed E-state index contributed by atoms with van der Waals surface area (Å²) in [4.78, 5) is 29.3. The van der Waals surface area contributed by atoms with Gasteiger partial charge in [-0.3, -0.25) is 9.36 Å². The molecule has 0 aliphatic heterocycles. The molecule has 0 aliphatic carbocycles. The van der Waals surface area contributed by atoms with E-state index in [1.54, 1.807) is 17.0 Å². The molecule has 0 unspecified atom stereocenters. The first kappa shape index (κ1) is 19.9. The highest BCUT2D eigenvalue weighted by atomic mass is 19.1. The van der Waals surface area contributed by atoms with Crippen molar-refractivity contribution in [2.75, 3.05) is 5.32 Å². The van der Waals surface area contributed by atoms with Crippen molar-refractivity contribution in [3.63, 3.8) is 0 Å². The Bertz CT molecular complexity index is 1540. The Balaban J connectivity index is 1.74. The Morgan fingerprint density at radius 2 is 1.94 bits per heavy atom. The molecule has 3 heterocycles. The van der Waals surface area contributed by atoms with Crippen molar-refractivity contribution in [3.8, 4) is 5.69 Å². The lowest BCUT2D eigenvalue weighted by Crippen LogP contribution is -2.26. The van der Waals surface area contributed by atoms with Crippen molar-refractivity contribution in [2.24, 2.45) is 0 Å². The monoisotopic (exact) mass is 428 g/mol. The fourth-order valence-corrected chi connectivity index (χ4v) is 4.00. The van der Waals surface area contributed by atoms with E-state index in [0.717, 1.165) is 22.5 Å². The van der Waals surface area contributed by atoms with Crippen molar-refractivity contribution in [1.29, 1.82) is 0 Å². The molecule has 5 aromatic rings. The highest BCUT2D eigenvalue weighted by Crippen LogP contribution is 2.27. The molecule has 0 aliphatic rings. The smallest absolute Gasteiger partial charge is 0.263 e. The van der Waals surface area contributed by atoms with Gasteiger partial charge in [-0.25, -0.2) is 19.3 Å². The second-order valence-corrected chi connectivity index (χ2v) is 7.85. The van der Waals surface area contributed by atoms with E-state index in [9.17, 15) is 9.18 Å². The van der Waals surface area contributed by atoms with Crippen molar-refractivity contribution >= 4 is 27.8 Å². The van der Waals surface area contributed by atoms with Crippen LogP contribution in [0.1, 0.15) is 29.8 Å². The lowest BCUT2D eigenvalue weighted by molar-refractivity contribution is 0.629. The molecule has 8 heteroatoms. The number of fused-ring (bicyclic) bond motifs is 2. The lowest BCUT2D eigenvalue weighted by atomic mass is 10.0. The number of pyridine rings is 1. The second kappa shape index (κ2) is 7.56. The van der Waals surface area contributed by atoms with E-state index in [1.807, 2.05) is 45.0 Å². The van der Waals surface area contributed by atoms with Crippen LogP contribution in [0.5, 0.6) is 0 Å². The molecule has 0 fully saturated rings. The van der Waals surface area contributed by atoms with Crippen LogP contribution < -0.4 is 10.9 Å². The van der Waals surface area contributed by atoms with Gasteiger partial charge in [0.15, 0.2) is 11.5 Å². The van der Waals surface area contributed by atoms with Gasteiger partial charge in [-0.05, 0) is 61.5 Å². The maximum Gasteiger partial charge on any atom is 0.263 e. The minimum atomic E-state index is -0.441. The maximum atomic E-state index is 14.0. The maximum absolute atomic E-state index is 14.0. The molecule has 0 amide bonds. The number of halogens is 1. The first-order valence-corrected chi connectivity index (χ1v) is 10.3. The highest BCUT2D eigenvalue weighted by molar-refractivity contribution is 5.84. The van der Waals surface area contributed by atoms with E-state index in [4.69, 9.17) is 0 Å². The van der Waals surface area contributed by atoms with Crippen LogP contribution in [-0.4, -0.2) is 24.5 Å². The zero-order valence-electron chi connectivity index (χ0n) is 17.8. The number of aryl methyl sites for hydroxylation is 1. The lowest BCUT2D eigenvalue weighted by Gasteiger charge is -2.23. The number of H-pyrrole nitrogens is 1. The van der Waals surface area contributed by atoms with E-state index in [1.165, 1.54) is 18.5 Å². The number of aromatic nitrogens is 5. The summed E-state index contributed by atoms with van der Waals surface area (Å²) in [6.07, 6.45) is 3.00. The predicted octanol–water partition coefficient (Wildman–Crippen LogP) is 4.59. The third-order valence-corrected chi connectivity index (χ3v) is 5.85. The topological polar surface area (TPSA) is 88.5 Å². The molecule has 5 rings (SSSR count). The van der Waals surface area contributed by atoms with Crippen LogP contribution in [0.25, 0.3) is 27.6 Å². The van der Waals surface area contributed by atoms with E-state index in [2.05, 4.69) is 25.3 Å². The van der Waals surface area contributed by atoms with E-state index >= 15 is 0 Å². The van der Waals surface area contributed by atoms with Crippen LogP contribution in [0.4, 0.5) is 10.2 Å². The summed E-state index contributed by atoms with van der Waals surface area (Å²) in [6.45, 7) is 5.94. The molecule has 0 bridgehead atoms. The summed E-state index contributed by atoms with van der Waals surface area (Å²) in [6, 6.07) is 11.7. The Hall–Kier alpha value is -4.07. The van der Waals surface area contributed by atoms with Crippen LogP contribution in [0.2, 0.25) is 0 Å². The molecule has 0 radical (unpaired) electrons. The zero-order chi connectivity index (χ0) is 22.4. The number of hydrogen-bond acceptors (Lipinski definition) is 5. The molecule has 7 nitrogen and oxygen atoms in total. The number of anilines is 1. The normalized spacial score (nSPS) is 12.4. The fraction of sp³-hybridized carbons (Fsp3) is 0.167. The summed E-state index contributed by atoms with van der Waals surface area (Å²) in [7, 11) is 0. The molecular formula is C24H21FN6O. The van der Waals surface area contributed by atoms with Gasteiger partial charge >= 0.3 is 0 Å². The average molecular weight is 428 g/mol. The molecule has 0 spiro atoms. The van der Waals surface area contributed by atoms with Gasteiger partial charge in [-0.15, -0.1) is 0 Å². The molecule has 0 saturated heterocycles. The largest absolute Gasteiger partial charge is 0.360 e. The number of rotatable bonds is 4. The zero-order valence-corrected chi connectivity index (χ0v) is 17.8. The van der Waals surface area contributed by atoms with Crippen molar-refractivity contribution in [3.05, 3.63) is 88.1 Å². The third kappa shape index (κ3) is 3.20. The number of imidazole rings is 1. The quantitative estimate of drug-likeness (QED) is 0.437. The summed E-state index contributed by atoms with van der Waals surface area (Å²) in [5.41, 5.74) is 4.51. The minimum absolute atomic E-state index is 0.270. The predicted molar refractivity (Wildman–Crippen MR) is 123 cm³/mol. The standard InChI is InChI=1S/C24H21FN6O/c1-13-5-4-6-19(14(13)2)31-20(9-16-7-8-17(25)10-18(16)24(31)32)15(3)30-23-21-22(27-11-26-21)28-12-29-23/h4-12,15H,1-3H3,(H2,26,27,28,29,30)/t15-/m0/s1. The van der Waals surface area contributed by atoms with Crippen LogP contribution >= 0.6 is 0 Å². The van der Waals surface area contributed by atoms with Crippen molar-refractivity contribution in [1.82, 2.24) is 24.5 Å². The molecule has 1 atom stereocenters. The summed E-state index contributed by atoms with van der Waals surface area (Å²) in [5, 5.41) is 4.39. The molecule has 2 aromatic carbocycles. The average Bonchev–Trinajstić information content (AvgIpc) is 3.26. The van der Waals surface area contributed by atoms with Crippen molar-refractivity contribution < 1.29 is 4.39 Å². The SMILES string of the molecule is Cc1cccc(-n2c([C@H](C)Nc3ncnc4nc[nH]c34)cc3ccc(F)cc3c2=O)c1C. The first-order valence-electron chi connectivity index (χ1n) is 10.3. The second-order valence-electron chi connectivity index (χ2n) is 7.85. The van der Waals surface area contributed by atoms with E-state index in [-0.39, 0.29) is 11.6 Å². The van der Waals surface area contributed by atoms with Gasteiger partial charge in [0.2, 0.25) is 0 Å². The number of nitrogens with zero attached hydrogens (tertiary/aromatic N) is 4. The van der Waals surface area contributed by atoms with Gasteiger partial charge < -0.3 is 10.3 Å². The number of nitrogens with one attached hydrogen (secondary N) is 2. The van der Waals surface area contributed by atoms with Crippen LogP contribution in [0, 0.1) is 19.7 Å². The highest BCUT2D eigenvalue weighted by Gasteiger charge is 2.19. The van der Waals surface area contributed by atoms with E-state index in [0.29, 0.717) is 27.8 Å². The Morgan fingerprint density at radius 1 is 1.09 bits per heavy atom. The van der Waals surface area contributed by atoms with E-state index < -0.39 is 5.82 Å². The van der Waals surface area contributed by atoms with Gasteiger partial charge in [0, 0.05) is 5.69 Å². The minimum Gasteiger partial charge on any atom is -0.360 e.